The van der Waals surface area contributed by atoms with Gasteiger partial charge < -0.3 is 5.32 Å². The highest BCUT2D eigenvalue weighted by Crippen LogP contribution is 2.36. The Morgan fingerprint density at radius 3 is 2.58 bits per heavy atom. The lowest BCUT2D eigenvalue weighted by molar-refractivity contribution is 0.0610. The predicted octanol–water partition coefficient (Wildman–Crippen LogP) is 3.67. The van der Waals surface area contributed by atoms with E-state index in [1.807, 2.05) is 0 Å². The maximum Gasteiger partial charge on any atom is 0.0192 e. The van der Waals surface area contributed by atoms with Crippen LogP contribution in [-0.2, 0) is 0 Å². The van der Waals surface area contributed by atoms with Crippen molar-refractivity contribution in [3.05, 3.63) is 0 Å². The number of fused-ring (bicyclic) bond motifs is 1. The molecule has 0 radical (unpaired) electrons. The van der Waals surface area contributed by atoms with Gasteiger partial charge in [-0.25, -0.2) is 0 Å². The third-order valence-corrected chi connectivity index (χ3v) is 5.43. The smallest absolute Gasteiger partial charge is 0.0192 e. The summed E-state index contributed by atoms with van der Waals surface area (Å²) in [6.07, 6.45) is 10.0. The Balaban J connectivity index is 1.72. The molecule has 19 heavy (non-hydrogen) atoms. The first-order valence-corrected chi connectivity index (χ1v) is 8.68. The van der Waals surface area contributed by atoms with E-state index in [0.717, 1.165) is 11.8 Å². The summed E-state index contributed by atoms with van der Waals surface area (Å²) in [5, 5.41) is 3.71. The Morgan fingerprint density at radius 1 is 1.11 bits per heavy atom. The van der Waals surface area contributed by atoms with Crippen LogP contribution in [0, 0.1) is 11.8 Å². The van der Waals surface area contributed by atoms with Crippen molar-refractivity contribution < 1.29 is 0 Å². The van der Waals surface area contributed by atoms with Gasteiger partial charge in [-0.2, -0.15) is 0 Å². The Labute approximate surface area is 120 Å². The highest BCUT2D eigenvalue weighted by Gasteiger charge is 2.32. The van der Waals surface area contributed by atoms with Gasteiger partial charge in [-0.05, 0) is 51.5 Å². The molecule has 0 bridgehead atoms. The van der Waals surface area contributed by atoms with Gasteiger partial charge >= 0.3 is 0 Å². The third-order valence-electron chi connectivity index (χ3n) is 5.43. The average Bonchev–Trinajstić information content (AvgIpc) is 2.44. The largest absolute Gasteiger partial charge is 0.313 e. The van der Waals surface area contributed by atoms with Crippen molar-refractivity contribution in [2.45, 2.75) is 77.8 Å². The van der Waals surface area contributed by atoms with Crippen LogP contribution in [0.3, 0.4) is 0 Å². The fourth-order valence-electron chi connectivity index (χ4n) is 4.07. The zero-order chi connectivity index (χ0) is 13.7. The van der Waals surface area contributed by atoms with Crippen LogP contribution < -0.4 is 5.32 Å². The molecule has 1 N–H and O–H groups in total. The zero-order valence-electron chi connectivity index (χ0n) is 13.3. The molecule has 0 aromatic heterocycles. The molecule has 2 heteroatoms. The lowest BCUT2D eigenvalue weighted by atomic mass is 9.75. The normalized spacial score (nSPS) is 31.7. The summed E-state index contributed by atoms with van der Waals surface area (Å²) in [5.41, 5.74) is 0. The quantitative estimate of drug-likeness (QED) is 0.789. The van der Waals surface area contributed by atoms with Gasteiger partial charge in [0.1, 0.15) is 0 Å². The molecule has 2 nitrogen and oxygen atoms in total. The second kappa shape index (κ2) is 7.64. The van der Waals surface area contributed by atoms with Gasteiger partial charge in [-0.3, -0.25) is 4.90 Å². The Bertz CT molecular complexity index is 254. The topological polar surface area (TPSA) is 15.3 Å². The molecule has 1 aliphatic heterocycles. The molecule has 0 spiro atoms. The molecule has 1 aliphatic carbocycles. The van der Waals surface area contributed by atoms with Gasteiger partial charge in [-0.15, -0.1) is 0 Å². The van der Waals surface area contributed by atoms with Crippen LogP contribution in [0.15, 0.2) is 0 Å². The fraction of sp³-hybridized carbons (Fsp3) is 1.00. The van der Waals surface area contributed by atoms with Crippen molar-refractivity contribution in [2.75, 3.05) is 19.6 Å². The van der Waals surface area contributed by atoms with Crippen molar-refractivity contribution in [3.63, 3.8) is 0 Å². The molecular weight excluding hydrogens is 232 g/mol. The van der Waals surface area contributed by atoms with Crippen LogP contribution in [0.5, 0.6) is 0 Å². The first-order valence-electron chi connectivity index (χ1n) is 8.68. The predicted molar refractivity (Wildman–Crippen MR) is 83.5 cm³/mol. The van der Waals surface area contributed by atoms with Crippen molar-refractivity contribution in [1.29, 1.82) is 0 Å². The average molecular weight is 266 g/mol. The Kier molecular flexibility index (Phi) is 6.15. The van der Waals surface area contributed by atoms with Gasteiger partial charge in [0, 0.05) is 25.2 Å². The van der Waals surface area contributed by atoms with E-state index in [-0.39, 0.29) is 0 Å². The highest BCUT2D eigenvalue weighted by atomic mass is 15.2. The number of piperidine rings is 1. The van der Waals surface area contributed by atoms with Gasteiger partial charge in [0.15, 0.2) is 0 Å². The molecule has 2 rings (SSSR count). The fourth-order valence-corrected chi connectivity index (χ4v) is 4.07. The summed E-state index contributed by atoms with van der Waals surface area (Å²) in [7, 11) is 0. The van der Waals surface area contributed by atoms with E-state index in [2.05, 4.69) is 31.0 Å². The van der Waals surface area contributed by atoms with E-state index in [4.69, 9.17) is 0 Å². The van der Waals surface area contributed by atoms with Gasteiger partial charge in [0.2, 0.25) is 0 Å². The monoisotopic (exact) mass is 266 g/mol. The first-order chi connectivity index (χ1) is 9.20. The number of nitrogens with zero attached hydrogens (tertiary/aromatic N) is 1. The van der Waals surface area contributed by atoms with Crippen LogP contribution in [0.25, 0.3) is 0 Å². The van der Waals surface area contributed by atoms with E-state index in [0.29, 0.717) is 12.1 Å². The summed E-state index contributed by atoms with van der Waals surface area (Å²) in [4.78, 5) is 2.75. The molecule has 0 amide bonds. The van der Waals surface area contributed by atoms with Crippen LogP contribution in [0.1, 0.15) is 65.7 Å². The molecule has 1 saturated carbocycles. The third kappa shape index (κ3) is 4.46. The number of rotatable bonds is 6. The van der Waals surface area contributed by atoms with Crippen molar-refractivity contribution in [1.82, 2.24) is 10.2 Å². The van der Waals surface area contributed by atoms with E-state index in [1.54, 1.807) is 0 Å². The molecule has 2 fully saturated rings. The standard InChI is InChI=1S/C17H34N2/c1-4-7-14(2)18-12-15(3)19-11-10-16-8-5-6-9-17(16)13-19/h14-18H,4-13H2,1-3H3. The first kappa shape index (κ1) is 15.3. The molecule has 0 aromatic carbocycles. The second-order valence-corrected chi connectivity index (χ2v) is 7.04. The minimum atomic E-state index is 0.680. The van der Waals surface area contributed by atoms with E-state index in [9.17, 15) is 0 Å². The molecule has 4 unspecified atom stereocenters. The van der Waals surface area contributed by atoms with Gasteiger partial charge in [0.05, 0.1) is 0 Å². The summed E-state index contributed by atoms with van der Waals surface area (Å²) >= 11 is 0. The van der Waals surface area contributed by atoms with E-state index in [1.165, 1.54) is 64.6 Å². The number of likely N-dealkylation sites (tertiary alicyclic amines) is 1. The molecule has 4 atom stereocenters. The molecule has 0 aromatic rings. The Hall–Kier alpha value is -0.0800. The maximum absolute atomic E-state index is 3.71. The Morgan fingerprint density at radius 2 is 1.84 bits per heavy atom. The van der Waals surface area contributed by atoms with E-state index >= 15 is 0 Å². The minimum Gasteiger partial charge on any atom is -0.313 e. The number of hydrogen-bond donors (Lipinski definition) is 1. The van der Waals surface area contributed by atoms with Crippen LogP contribution in [0.2, 0.25) is 0 Å². The maximum atomic E-state index is 3.71. The van der Waals surface area contributed by atoms with Gasteiger partial charge in [-0.1, -0.05) is 32.6 Å². The minimum absolute atomic E-state index is 0.680. The lowest BCUT2D eigenvalue weighted by Crippen LogP contribution is -2.49. The van der Waals surface area contributed by atoms with Gasteiger partial charge in [0.25, 0.3) is 0 Å². The van der Waals surface area contributed by atoms with Crippen LogP contribution in [-0.4, -0.2) is 36.6 Å². The van der Waals surface area contributed by atoms with Crippen molar-refractivity contribution in [2.24, 2.45) is 11.8 Å². The summed E-state index contributed by atoms with van der Waals surface area (Å²) < 4.78 is 0. The number of hydrogen-bond acceptors (Lipinski definition) is 2. The molecule has 1 heterocycles. The molecule has 1 saturated heterocycles. The molecule has 112 valence electrons. The van der Waals surface area contributed by atoms with Crippen molar-refractivity contribution in [3.8, 4) is 0 Å². The second-order valence-electron chi connectivity index (χ2n) is 7.04. The highest BCUT2D eigenvalue weighted by molar-refractivity contribution is 4.86. The summed E-state index contributed by atoms with van der Waals surface area (Å²) in [6.45, 7) is 10.9. The summed E-state index contributed by atoms with van der Waals surface area (Å²) in [5.74, 6) is 2.07. The molecular formula is C17H34N2. The van der Waals surface area contributed by atoms with Crippen LogP contribution >= 0.6 is 0 Å². The summed E-state index contributed by atoms with van der Waals surface area (Å²) in [6, 6.07) is 1.39. The van der Waals surface area contributed by atoms with Crippen molar-refractivity contribution >= 4 is 0 Å². The lowest BCUT2D eigenvalue weighted by Gasteiger charge is -2.43. The van der Waals surface area contributed by atoms with E-state index < -0.39 is 0 Å². The van der Waals surface area contributed by atoms with Crippen LogP contribution in [0.4, 0.5) is 0 Å². The zero-order valence-corrected chi connectivity index (χ0v) is 13.3. The SMILES string of the molecule is CCCC(C)NCC(C)N1CCC2CCCCC2C1. The number of nitrogens with one attached hydrogen (secondary N) is 1. The molecule has 2 aliphatic rings.